The monoisotopic (exact) mass is 310 g/mol. The van der Waals surface area contributed by atoms with Crippen LogP contribution in [0.15, 0.2) is 48.0 Å². The third-order valence-electron chi connectivity index (χ3n) is 3.63. The van der Waals surface area contributed by atoms with Gasteiger partial charge in [0.2, 0.25) is 5.91 Å². The van der Waals surface area contributed by atoms with Gasteiger partial charge in [-0.05, 0) is 35.2 Å². The molecule has 0 fully saturated rings. The molecule has 0 aliphatic carbocycles. The lowest BCUT2D eigenvalue weighted by Crippen LogP contribution is -2.14. The Morgan fingerprint density at radius 3 is 2.68 bits per heavy atom. The first-order valence-electron chi connectivity index (χ1n) is 7.34. The van der Waals surface area contributed by atoms with E-state index in [4.69, 9.17) is 0 Å². The Morgan fingerprint density at radius 1 is 1.18 bits per heavy atom. The highest BCUT2D eigenvalue weighted by Crippen LogP contribution is 2.21. The summed E-state index contributed by atoms with van der Waals surface area (Å²) < 4.78 is 1.13. The van der Waals surface area contributed by atoms with E-state index < -0.39 is 0 Å². The molecule has 0 aliphatic rings. The van der Waals surface area contributed by atoms with Crippen LogP contribution in [-0.2, 0) is 11.2 Å². The maximum atomic E-state index is 12.1. The zero-order valence-electron chi connectivity index (χ0n) is 12.7. The van der Waals surface area contributed by atoms with Crippen molar-refractivity contribution in [1.82, 2.24) is 4.98 Å². The number of amides is 1. The quantitative estimate of drug-likeness (QED) is 0.765. The molecule has 22 heavy (non-hydrogen) atoms. The van der Waals surface area contributed by atoms with Gasteiger partial charge in [-0.2, -0.15) is 0 Å². The largest absolute Gasteiger partial charge is 0.326 e. The summed E-state index contributed by atoms with van der Waals surface area (Å²) in [5.41, 5.74) is 5.84. The SMILES string of the molecule is CC(C)c1ccc(CC(=O)Nc2ccc3scnc3c2)cc1. The van der Waals surface area contributed by atoms with Crippen molar-refractivity contribution >= 4 is 33.1 Å². The number of carbonyl (C=O) groups excluding carboxylic acids is 1. The maximum absolute atomic E-state index is 12.1. The van der Waals surface area contributed by atoms with Gasteiger partial charge in [0.15, 0.2) is 0 Å². The molecule has 112 valence electrons. The first-order valence-corrected chi connectivity index (χ1v) is 8.22. The number of thiazole rings is 1. The zero-order chi connectivity index (χ0) is 15.5. The number of benzene rings is 2. The van der Waals surface area contributed by atoms with Crippen molar-refractivity contribution in [3.05, 3.63) is 59.1 Å². The minimum Gasteiger partial charge on any atom is -0.326 e. The van der Waals surface area contributed by atoms with Crippen molar-refractivity contribution in [2.45, 2.75) is 26.2 Å². The minimum atomic E-state index is -0.00752. The Hall–Kier alpha value is -2.20. The smallest absolute Gasteiger partial charge is 0.228 e. The van der Waals surface area contributed by atoms with Crippen LogP contribution in [0.25, 0.3) is 10.2 Å². The van der Waals surface area contributed by atoms with Crippen LogP contribution in [0.2, 0.25) is 0 Å². The van der Waals surface area contributed by atoms with E-state index in [2.05, 4.69) is 36.3 Å². The second-order valence-electron chi connectivity index (χ2n) is 5.66. The molecule has 0 spiro atoms. The van der Waals surface area contributed by atoms with E-state index in [-0.39, 0.29) is 5.91 Å². The van der Waals surface area contributed by atoms with Crippen LogP contribution in [0.1, 0.15) is 30.9 Å². The van der Waals surface area contributed by atoms with E-state index in [0.717, 1.165) is 21.5 Å². The van der Waals surface area contributed by atoms with Crippen molar-refractivity contribution in [3.8, 4) is 0 Å². The standard InChI is InChI=1S/C18H18N2OS/c1-12(2)14-5-3-13(4-6-14)9-18(21)20-15-7-8-17-16(10-15)19-11-22-17/h3-8,10-12H,9H2,1-2H3,(H,20,21). The van der Waals surface area contributed by atoms with Crippen LogP contribution in [0.4, 0.5) is 5.69 Å². The van der Waals surface area contributed by atoms with Gasteiger partial charge in [0.25, 0.3) is 0 Å². The number of hydrogen-bond donors (Lipinski definition) is 1. The van der Waals surface area contributed by atoms with Gasteiger partial charge in [-0.25, -0.2) is 4.98 Å². The lowest BCUT2D eigenvalue weighted by atomic mass is 10.0. The van der Waals surface area contributed by atoms with Crippen LogP contribution in [0.3, 0.4) is 0 Å². The Balaban J connectivity index is 1.66. The fourth-order valence-electron chi connectivity index (χ4n) is 2.35. The molecule has 0 saturated heterocycles. The van der Waals surface area contributed by atoms with E-state index in [1.54, 1.807) is 11.3 Å². The van der Waals surface area contributed by atoms with Gasteiger partial charge in [0.1, 0.15) is 0 Å². The molecule has 1 amide bonds. The van der Waals surface area contributed by atoms with Gasteiger partial charge >= 0.3 is 0 Å². The van der Waals surface area contributed by atoms with Crippen molar-refractivity contribution in [1.29, 1.82) is 0 Å². The Labute approximate surface area is 134 Å². The second kappa shape index (κ2) is 6.28. The van der Waals surface area contributed by atoms with Crippen molar-refractivity contribution in [2.24, 2.45) is 0 Å². The number of aromatic nitrogens is 1. The normalized spacial score (nSPS) is 11.0. The lowest BCUT2D eigenvalue weighted by molar-refractivity contribution is -0.115. The van der Waals surface area contributed by atoms with Gasteiger partial charge in [0.05, 0.1) is 22.1 Å². The Kier molecular flexibility index (Phi) is 4.20. The van der Waals surface area contributed by atoms with Crippen molar-refractivity contribution in [2.75, 3.05) is 5.32 Å². The van der Waals surface area contributed by atoms with Crippen LogP contribution in [0.5, 0.6) is 0 Å². The third-order valence-corrected chi connectivity index (χ3v) is 4.44. The maximum Gasteiger partial charge on any atom is 0.228 e. The molecule has 3 aromatic rings. The number of nitrogens with one attached hydrogen (secondary N) is 1. The fourth-order valence-corrected chi connectivity index (χ4v) is 3.01. The fraction of sp³-hybridized carbons (Fsp3) is 0.222. The third kappa shape index (κ3) is 3.34. The van der Waals surface area contributed by atoms with E-state index in [1.165, 1.54) is 5.56 Å². The summed E-state index contributed by atoms with van der Waals surface area (Å²) in [5.74, 6) is 0.500. The van der Waals surface area contributed by atoms with E-state index >= 15 is 0 Å². The molecule has 1 aromatic heterocycles. The molecule has 0 aliphatic heterocycles. The summed E-state index contributed by atoms with van der Waals surface area (Å²) >= 11 is 1.60. The van der Waals surface area contributed by atoms with E-state index in [0.29, 0.717) is 12.3 Å². The molecule has 1 heterocycles. The predicted octanol–water partition coefficient (Wildman–Crippen LogP) is 4.60. The van der Waals surface area contributed by atoms with Gasteiger partial charge in [-0.1, -0.05) is 38.1 Å². The molecule has 0 saturated carbocycles. The number of hydrogen-bond acceptors (Lipinski definition) is 3. The molecule has 2 aromatic carbocycles. The Morgan fingerprint density at radius 2 is 1.95 bits per heavy atom. The zero-order valence-corrected chi connectivity index (χ0v) is 13.5. The summed E-state index contributed by atoms with van der Waals surface area (Å²) in [6, 6.07) is 14.0. The number of fused-ring (bicyclic) bond motifs is 1. The average Bonchev–Trinajstić information content (AvgIpc) is 2.95. The predicted molar refractivity (Wildman–Crippen MR) is 92.5 cm³/mol. The second-order valence-corrected chi connectivity index (χ2v) is 6.54. The summed E-state index contributed by atoms with van der Waals surface area (Å²) in [7, 11) is 0. The van der Waals surface area contributed by atoms with Gasteiger partial charge < -0.3 is 5.32 Å². The molecule has 1 N–H and O–H groups in total. The van der Waals surface area contributed by atoms with E-state index in [9.17, 15) is 4.79 Å². The van der Waals surface area contributed by atoms with E-state index in [1.807, 2.05) is 35.8 Å². The molecule has 3 nitrogen and oxygen atoms in total. The van der Waals surface area contributed by atoms with Gasteiger partial charge in [-0.3, -0.25) is 4.79 Å². The van der Waals surface area contributed by atoms with Gasteiger partial charge in [-0.15, -0.1) is 11.3 Å². The highest BCUT2D eigenvalue weighted by molar-refractivity contribution is 7.16. The molecule has 3 rings (SSSR count). The number of rotatable bonds is 4. The number of carbonyl (C=O) groups is 1. The molecule has 0 radical (unpaired) electrons. The topological polar surface area (TPSA) is 42.0 Å². The Bertz CT molecular complexity index is 790. The molecule has 0 bridgehead atoms. The molecular weight excluding hydrogens is 292 g/mol. The van der Waals surface area contributed by atoms with Gasteiger partial charge in [0, 0.05) is 5.69 Å². The first kappa shape index (κ1) is 14.7. The molecular formula is C18H18N2OS. The summed E-state index contributed by atoms with van der Waals surface area (Å²) in [6.07, 6.45) is 0.382. The molecule has 0 unspecified atom stereocenters. The molecule has 0 atom stereocenters. The number of anilines is 1. The lowest BCUT2D eigenvalue weighted by Gasteiger charge is -2.08. The van der Waals surface area contributed by atoms with Crippen LogP contribution < -0.4 is 5.32 Å². The summed E-state index contributed by atoms with van der Waals surface area (Å²) in [6.45, 7) is 4.33. The van der Waals surface area contributed by atoms with Crippen LogP contribution in [0, 0.1) is 0 Å². The summed E-state index contributed by atoms with van der Waals surface area (Å²) in [5, 5.41) is 2.94. The first-order chi connectivity index (χ1) is 10.6. The van der Waals surface area contributed by atoms with Crippen molar-refractivity contribution in [3.63, 3.8) is 0 Å². The minimum absolute atomic E-state index is 0.00752. The highest BCUT2D eigenvalue weighted by atomic mass is 32.1. The molecule has 4 heteroatoms. The van der Waals surface area contributed by atoms with Crippen LogP contribution >= 0.6 is 11.3 Å². The van der Waals surface area contributed by atoms with Crippen LogP contribution in [-0.4, -0.2) is 10.9 Å². The summed E-state index contributed by atoms with van der Waals surface area (Å²) in [4.78, 5) is 16.4. The average molecular weight is 310 g/mol. The number of nitrogens with zero attached hydrogens (tertiary/aromatic N) is 1. The van der Waals surface area contributed by atoms with Crippen molar-refractivity contribution < 1.29 is 4.79 Å². The highest BCUT2D eigenvalue weighted by Gasteiger charge is 2.06.